The van der Waals surface area contributed by atoms with E-state index in [0.29, 0.717) is 25.1 Å². The van der Waals surface area contributed by atoms with Crippen molar-refractivity contribution in [1.29, 1.82) is 0 Å². The topological polar surface area (TPSA) is 61.8 Å². The highest BCUT2D eigenvalue weighted by atomic mass is 127. The molecule has 10 heteroatoms. The fourth-order valence-electron chi connectivity index (χ4n) is 1.92. The first-order valence-corrected chi connectivity index (χ1v) is 8.73. The molecule has 0 fully saturated rings. The number of aliphatic hydroxyl groups excluding tert-OH is 1. The number of unbranched alkanes of at least 4 members (excludes halogenated alkanes) is 3. The van der Waals surface area contributed by atoms with Crippen molar-refractivity contribution in [2.75, 3.05) is 18.5 Å². The van der Waals surface area contributed by atoms with Gasteiger partial charge in [-0.3, -0.25) is 3.11 Å². The zero-order chi connectivity index (χ0) is 19.6. The molecule has 0 unspecified atom stereocenters. The number of carbonyl (C=O) groups is 1. The summed E-state index contributed by atoms with van der Waals surface area (Å²) in [6, 6.07) is 4.44. The Morgan fingerprint density at radius 1 is 1.23 bits per heavy atom. The first kappa shape index (κ1) is 22.5. The van der Waals surface area contributed by atoms with E-state index >= 15 is 0 Å². The van der Waals surface area contributed by atoms with Crippen LogP contribution in [0.25, 0.3) is 0 Å². The van der Waals surface area contributed by atoms with Gasteiger partial charge in [0.1, 0.15) is 11.6 Å². The van der Waals surface area contributed by atoms with Gasteiger partial charge in [-0.25, -0.2) is 9.18 Å². The lowest BCUT2D eigenvalue weighted by molar-refractivity contribution is -0.274. The fourth-order valence-corrected chi connectivity index (χ4v) is 2.38. The molecule has 2 amide bonds. The van der Waals surface area contributed by atoms with Gasteiger partial charge in [0.15, 0.2) is 0 Å². The van der Waals surface area contributed by atoms with Crippen molar-refractivity contribution in [2.45, 2.75) is 32.0 Å². The normalized spacial score (nSPS) is 12.0. The van der Waals surface area contributed by atoms with E-state index in [0.717, 1.165) is 25.0 Å². The largest absolute Gasteiger partial charge is 0.573 e. The Labute approximate surface area is 162 Å². The summed E-state index contributed by atoms with van der Waals surface area (Å²) >= 11 is 1.84. The first-order chi connectivity index (χ1) is 12.2. The molecule has 0 spiro atoms. The van der Waals surface area contributed by atoms with Crippen LogP contribution in [0.1, 0.15) is 25.7 Å². The second-order valence-corrected chi connectivity index (χ2v) is 6.41. The van der Waals surface area contributed by atoms with Crippen molar-refractivity contribution in [3.63, 3.8) is 0 Å². The van der Waals surface area contributed by atoms with E-state index in [1.54, 1.807) is 0 Å². The Morgan fingerprint density at radius 2 is 1.88 bits per heavy atom. The van der Waals surface area contributed by atoms with Crippen LogP contribution in [0.3, 0.4) is 0 Å². The number of anilines is 1. The molecular weight excluding hydrogens is 471 g/mol. The molecule has 0 aliphatic heterocycles. The minimum atomic E-state index is -4.76. The third-order valence-electron chi connectivity index (χ3n) is 3.13. The number of urea groups is 1. The van der Waals surface area contributed by atoms with Crippen LogP contribution in [-0.2, 0) is 0 Å². The molecule has 0 aliphatic rings. The summed E-state index contributed by atoms with van der Waals surface area (Å²) in [7, 11) is 0. The Kier molecular flexibility index (Phi) is 9.70. The number of allylic oxidation sites excluding steroid dienone is 1. The highest BCUT2D eigenvalue weighted by Gasteiger charge is 2.30. The predicted octanol–water partition coefficient (Wildman–Crippen LogP) is 5.18. The van der Waals surface area contributed by atoms with Crippen LogP contribution in [0, 0.1) is 0 Å². The second-order valence-electron chi connectivity index (χ2n) is 5.25. The van der Waals surface area contributed by atoms with Gasteiger partial charge in [-0.1, -0.05) is 12.5 Å². The zero-order valence-corrected chi connectivity index (χ0v) is 15.9. The Morgan fingerprint density at radius 3 is 2.46 bits per heavy atom. The number of nitrogens with zero attached hydrogens (tertiary/aromatic N) is 1. The molecule has 1 aromatic rings. The van der Waals surface area contributed by atoms with Crippen LogP contribution in [0.4, 0.5) is 28.0 Å². The monoisotopic (exact) mass is 490 g/mol. The summed E-state index contributed by atoms with van der Waals surface area (Å²) in [5.41, 5.74) is 0.343. The van der Waals surface area contributed by atoms with Crippen LogP contribution in [0.15, 0.2) is 36.2 Å². The Balaban J connectivity index is 2.31. The number of alkyl halides is 3. The van der Waals surface area contributed by atoms with Crippen molar-refractivity contribution in [1.82, 2.24) is 3.11 Å². The molecule has 0 aromatic heterocycles. The van der Waals surface area contributed by atoms with Gasteiger partial charge >= 0.3 is 12.4 Å². The summed E-state index contributed by atoms with van der Waals surface area (Å²) in [5.74, 6) is -0.917. The number of aliphatic hydroxyl groups is 1. The maximum atomic E-state index is 12.7. The van der Waals surface area contributed by atoms with Crippen molar-refractivity contribution in [3.05, 3.63) is 36.2 Å². The lowest BCUT2D eigenvalue weighted by Crippen LogP contribution is -2.27. The third-order valence-corrected chi connectivity index (χ3v) is 4.06. The number of nitrogens with one attached hydrogen (secondary N) is 1. The lowest BCUT2D eigenvalue weighted by Gasteiger charge is -2.16. The van der Waals surface area contributed by atoms with Gasteiger partial charge in [0.05, 0.1) is 29.5 Å². The first-order valence-electron chi connectivity index (χ1n) is 7.77. The van der Waals surface area contributed by atoms with Gasteiger partial charge in [0.25, 0.3) is 0 Å². The number of hydrogen-bond donors (Lipinski definition) is 2. The van der Waals surface area contributed by atoms with E-state index in [4.69, 9.17) is 5.11 Å². The molecule has 1 aromatic carbocycles. The van der Waals surface area contributed by atoms with E-state index in [-0.39, 0.29) is 5.75 Å². The number of benzene rings is 1. The molecular formula is C16H19F4IN2O3. The highest BCUT2D eigenvalue weighted by Crippen LogP contribution is 2.24. The van der Waals surface area contributed by atoms with Crippen molar-refractivity contribution in [3.8, 4) is 5.75 Å². The van der Waals surface area contributed by atoms with Crippen LogP contribution in [0.5, 0.6) is 5.75 Å². The van der Waals surface area contributed by atoms with E-state index in [1.165, 1.54) is 21.3 Å². The molecule has 0 radical (unpaired) electrons. The number of halogens is 5. The molecule has 1 rings (SSSR count). The quantitative estimate of drug-likeness (QED) is 0.217. The summed E-state index contributed by atoms with van der Waals surface area (Å²) in [4.78, 5) is 12.0. The summed E-state index contributed by atoms with van der Waals surface area (Å²) in [6.45, 7) is -0.126. The molecule has 146 valence electrons. The Hall–Kier alpha value is -1.56. The molecule has 26 heavy (non-hydrogen) atoms. The molecule has 5 nitrogen and oxygen atoms in total. The minimum Gasteiger partial charge on any atom is -0.406 e. The molecule has 0 atom stereocenters. The second kappa shape index (κ2) is 11.2. The SMILES string of the molecule is O=C(Nc1ccc(OC(F)(F)F)cc1)N(I)CCCCCC=C(F)CO. The zero-order valence-electron chi connectivity index (χ0n) is 13.7. The number of rotatable bonds is 9. The third kappa shape index (κ3) is 9.80. The van der Waals surface area contributed by atoms with E-state index in [9.17, 15) is 22.4 Å². The Bertz CT molecular complexity index is 594. The van der Waals surface area contributed by atoms with Crippen molar-refractivity contribution in [2.24, 2.45) is 0 Å². The average Bonchev–Trinajstić information content (AvgIpc) is 2.57. The summed E-state index contributed by atoms with van der Waals surface area (Å²) < 4.78 is 54.1. The summed E-state index contributed by atoms with van der Waals surface area (Å²) in [5, 5.41) is 11.1. The standard InChI is InChI=1S/C16H19F4IN2O3/c17-12(11-24)5-3-1-2-4-10-23(21)15(25)22-13-6-8-14(9-7-13)26-16(18,19)20/h5-9,24H,1-4,10-11H2,(H,22,25). The highest BCUT2D eigenvalue weighted by molar-refractivity contribution is 14.1. The van der Waals surface area contributed by atoms with Crippen molar-refractivity contribution < 1.29 is 32.2 Å². The van der Waals surface area contributed by atoms with Crippen LogP contribution in [0.2, 0.25) is 0 Å². The van der Waals surface area contributed by atoms with Gasteiger partial charge in [-0.2, -0.15) is 0 Å². The summed E-state index contributed by atoms with van der Waals surface area (Å²) in [6.07, 6.45) is -0.675. The minimum absolute atomic E-state index is 0.343. The number of ether oxygens (including phenoxy) is 1. The van der Waals surface area contributed by atoms with Crippen LogP contribution < -0.4 is 10.1 Å². The van der Waals surface area contributed by atoms with E-state index < -0.39 is 24.8 Å². The molecule has 2 N–H and O–H groups in total. The van der Waals surface area contributed by atoms with E-state index in [2.05, 4.69) is 10.1 Å². The maximum Gasteiger partial charge on any atom is 0.573 e. The van der Waals surface area contributed by atoms with Crippen LogP contribution in [-0.4, -0.2) is 33.8 Å². The molecule has 0 saturated heterocycles. The fraction of sp³-hybridized carbons (Fsp3) is 0.438. The van der Waals surface area contributed by atoms with Gasteiger partial charge in [-0.05, 0) is 43.5 Å². The molecule has 0 bridgehead atoms. The van der Waals surface area contributed by atoms with Crippen molar-refractivity contribution >= 4 is 34.6 Å². The molecule has 0 aliphatic carbocycles. The number of carbonyl (C=O) groups excluding carboxylic acids is 1. The van der Waals surface area contributed by atoms with Gasteiger partial charge < -0.3 is 15.2 Å². The van der Waals surface area contributed by atoms with E-state index in [1.807, 2.05) is 22.9 Å². The van der Waals surface area contributed by atoms with Crippen LogP contribution >= 0.6 is 22.9 Å². The number of amides is 2. The molecule has 0 saturated carbocycles. The predicted molar refractivity (Wildman–Crippen MR) is 97.6 cm³/mol. The van der Waals surface area contributed by atoms with Gasteiger partial charge in [0.2, 0.25) is 0 Å². The molecule has 0 heterocycles. The lowest BCUT2D eigenvalue weighted by atomic mass is 10.2. The smallest absolute Gasteiger partial charge is 0.406 e. The maximum absolute atomic E-state index is 12.7. The number of hydrogen-bond acceptors (Lipinski definition) is 3. The van der Waals surface area contributed by atoms with Gasteiger partial charge in [-0.15, -0.1) is 13.2 Å². The average molecular weight is 490 g/mol. The van der Waals surface area contributed by atoms with Gasteiger partial charge in [0, 0.05) is 12.2 Å².